The number of hydrogen-bond donors (Lipinski definition) is 1. The van der Waals surface area contributed by atoms with Crippen molar-refractivity contribution in [3.8, 4) is 11.1 Å². The standard InChI is InChI=1S/C26H24F3N3O2/c1-16-13-21(19-9-11-30-12-10-19)6-5-20(16)14-18-3-7-22(8-4-18)32-23(15-24(33)34)17(2)25(31-32)26(27,28)29/h3-13,17,23H,14-15H2,1-2H3,(H,33,34). The van der Waals surface area contributed by atoms with Crippen LogP contribution >= 0.6 is 0 Å². The Bertz CT molecular complexity index is 1210. The molecule has 5 nitrogen and oxygen atoms in total. The molecule has 0 spiro atoms. The van der Waals surface area contributed by atoms with Crippen molar-refractivity contribution < 1.29 is 23.1 Å². The number of aromatic nitrogens is 1. The first-order valence-electron chi connectivity index (χ1n) is 10.9. The van der Waals surface area contributed by atoms with E-state index in [0.29, 0.717) is 12.1 Å². The molecule has 1 N–H and O–H groups in total. The Morgan fingerprint density at radius 3 is 2.29 bits per heavy atom. The Balaban J connectivity index is 1.54. The van der Waals surface area contributed by atoms with Gasteiger partial charge in [0.15, 0.2) is 0 Å². The molecule has 2 unspecified atom stereocenters. The van der Waals surface area contributed by atoms with Gasteiger partial charge in [-0.25, -0.2) is 0 Å². The molecular weight excluding hydrogens is 443 g/mol. The zero-order valence-electron chi connectivity index (χ0n) is 18.8. The number of pyridine rings is 1. The van der Waals surface area contributed by atoms with E-state index in [1.165, 1.54) is 11.9 Å². The van der Waals surface area contributed by atoms with Crippen LogP contribution in [0.1, 0.15) is 30.0 Å². The molecule has 8 heteroatoms. The van der Waals surface area contributed by atoms with Gasteiger partial charge in [0.2, 0.25) is 0 Å². The Morgan fingerprint density at radius 2 is 1.71 bits per heavy atom. The molecule has 176 valence electrons. The number of carbonyl (C=O) groups is 1. The third kappa shape index (κ3) is 4.95. The molecule has 0 amide bonds. The number of hydrogen-bond acceptors (Lipinski definition) is 4. The molecule has 34 heavy (non-hydrogen) atoms. The molecule has 3 aromatic rings. The Hall–Kier alpha value is -3.68. The zero-order chi connectivity index (χ0) is 24.5. The maximum absolute atomic E-state index is 13.4. The maximum Gasteiger partial charge on any atom is 0.431 e. The van der Waals surface area contributed by atoms with E-state index in [2.05, 4.69) is 28.3 Å². The van der Waals surface area contributed by atoms with Gasteiger partial charge in [0.1, 0.15) is 5.71 Å². The number of rotatable bonds is 6. The van der Waals surface area contributed by atoms with Gasteiger partial charge in [-0.05, 0) is 65.4 Å². The summed E-state index contributed by atoms with van der Waals surface area (Å²) < 4.78 is 40.2. The van der Waals surface area contributed by atoms with Crippen LogP contribution in [-0.4, -0.2) is 34.0 Å². The first-order valence-corrected chi connectivity index (χ1v) is 10.9. The van der Waals surface area contributed by atoms with Crippen LogP contribution in [0.15, 0.2) is 72.1 Å². The van der Waals surface area contributed by atoms with Gasteiger partial charge in [0, 0.05) is 18.3 Å². The van der Waals surface area contributed by atoms with Crippen molar-refractivity contribution in [2.24, 2.45) is 11.0 Å². The molecule has 2 aromatic carbocycles. The third-order valence-corrected chi connectivity index (χ3v) is 6.16. The molecule has 0 bridgehead atoms. The first-order chi connectivity index (χ1) is 16.1. The SMILES string of the molecule is Cc1cc(-c2ccncc2)ccc1Cc1ccc(N2N=C(C(F)(F)F)C(C)C2CC(=O)O)cc1. The number of halogens is 3. The number of benzene rings is 2. The van der Waals surface area contributed by atoms with Gasteiger partial charge in [-0.3, -0.25) is 14.8 Å². The summed E-state index contributed by atoms with van der Waals surface area (Å²) in [4.78, 5) is 15.3. The summed E-state index contributed by atoms with van der Waals surface area (Å²) in [5, 5.41) is 14.2. The summed E-state index contributed by atoms with van der Waals surface area (Å²) in [6.45, 7) is 3.41. The van der Waals surface area contributed by atoms with Crippen LogP contribution in [0.25, 0.3) is 11.1 Å². The lowest BCUT2D eigenvalue weighted by molar-refractivity contribution is -0.137. The molecule has 1 aliphatic rings. The van der Waals surface area contributed by atoms with Crippen LogP contribution in [-0.2, 0) is 11.2 Å². The van der Waals surface area contributed by atoms with Crippen molar-refractivity contribution in [3.63, 3.8) is 0 Å². The van der Waals surface area contributed by atoms with Crippen LogP contribution in [0.4, 0.5) is 18.9 Å². The Kier molecular flexibility index (Phi) is 6.41. The van der Waals surface area contributed by atoms with Gasteiger partial charge in [0.05, 0.1) is 18.2 Å². The number of anilines is 1. The molecule has 0 aliphatic carbocycles. The van der Waals surface area contributed by atoms with Crippen molar-refractivity contribution in [1.29, 1.82) is 0 Å². The molecule has 2 heterocycles. The molecule has 0 saturated carbocycles. The highest BCUT2D eigenvalue weighted by Crippen LogP contribution is 2.36. The highest BCUT2D eigenvalue weighted by atomic mass is 19.4. The van der Waals surface area contributed by atoms with Gasteiger partial charge in [0.25, 0.3) is 0 Å². The molecule has 0 fully saturated rings. The molecule has 1 aromatic heterocycles. The van der Waals surface area contributed by atoms with E-state index >= 15 is 0 Å². The van der Waals surface area contributed by atoms with E-state index < -0.39 is 36.2 Å². The van der Waals surface area contributed by atoms with Crippen molar-refractivity contribution in [1.82, 2.24) is 4.98 Å². The molecule has 0 radical (unpaired) electrons. The maximum atomic E-state index is 13.4. The molecular formula is C26H24F3N3O2. The van der Waals surface area contributed by atoms with Crippen molar-refractivity contribution in [2.75, 3.05) is 5.01 Å². The third-order valence-electron chi connectivity index (χ3n) is 6.16. The summed E-state index contributed by atoms with van der Waals surface area (Å²) >= 11 is 0. The van der Waals surface area contributed by atoms with Crippen molar-refractivity contribution in [3.05, 3.63) is 83.7 Å². The van der Waals surface area contributed by atoms with E-state index in [-0.39, 0.29) is 0 Å². The lowest BCUT2D eigenvalue weighted by Crippen LogP contribution is -2.36. The Morgan fingerprint density at radius 1 is 1.03 bits per heavy atom. The van der Waals surface area contributed by atoms with Crippen LogP contribution < -0.4 is 5.01 Å². The number of aryl methyl sites for hydroxylation is 1. The fourth-order valence-corrected chi connectivity index (χ4v) is 4.29. The predicted octanol–water partition coefficient (Wildman–Crippen LogP) is 5.87. The number of hydrazone groups is 1. The minimum atomic E-state index is -4.61. The van der Waals surface area contributed by atoms with Gasteiger partial charge >= 0.3 is 12.1 Å². The van der Waals surface area contributed by atoms with E-state index in [9.17, 15) is 23.1 Å². The predicted molar refractivity (Wildman–Crippen MR) is 125 cm³/mol. The fourth-order valence-electron chi connectivity index (χ4n) is 4.29. The van der Waals surface area contributed by atoms with Gasteiger partial charge in [-0.15, -0.1) is 0 Å². The van der Waals surface area contributed by atoms with Crippen LogP contribution in [0, 0.1) is 12.8 Å². The molecule has 1 aliphatic heterocycles. The monoisotopic (exact) mass is 467 g/mol. The lowest BCUT2D eigenvalue weighted by Gasteiger charge is -2.25. The van der Waals surface area contributed by atoms with Gasteiger partial charge < -0.3 is 5.11 Å². The van der Waals surface area contributed by atoms with Crippen molar-refractivity contribution >= 4 is 17.4 Å². The molecule has 4 rings (SSSR count). The van der Waals surface area contributed by atoms with E-state index in [1.54, 1.807) is 24.5 Å². The average Bonchev–Trinajstić information content (AvgIpc) is 3.12. The average molecular weight is 467 g/mol. The fraction of sp³-hybridized carbons (Fsp3) is 0.269. The minimum absolute atomic E-state index is 0.435. The summed E-state index contributed by atoms with van der Waals surface area (Å²) in [6.07, 6.45) is -0.872. The summed E-state index contributed by atoms with van der Waals surface area (Å²) in [5.41, 5.74) is 4.94. The van der Waals surface area contributed by atoms with Gasteiger partial charge in [-0.1, -0.05) is 37.3 Å². The normalized spacial score (nSPS) is 18.1. The topological polar surface area (TPSA) is 65.8 Å². The van der Waals surface area contributed by atoms with Gasteiger partial charge in [-0.2, -0.15) is 18.3 Å². The summed E-state index contributed by atoms with van der Waals surface area (Å²) in [5.74, 6) is -2.21. The van der Waals surface area contributed by atoms with Crippen molar-refractivity contribution in [2.45, 2.75) is 38.9 Å². The second kappa shape index (κ2) is 9.29. The quantitative estimate of drug-likeness (QED) is 0.493. The second-order valence-electron chi connectivity index (χ2n) is 8.50. The van der Waals surface area contributed by atoms with Crippen LogP contribution in [0.5, 0.6) is 0 Å². The smallest absolute Gasteiger partial charge is 0.431 e. The highest BCUT2D eigenvalue weighted by Gasteiger charge is 2.48. The lowest BCUT2D eigenvalue weighted by atomic mass is 9.94. The van der Waals surface area contributed by atoms with E-state index in [0.717, 1.165) is 27.8 Å². The largest absolute Gasteiger partial charge is 0.481 e. The summed E-state index contributed by atoms with van der Waals surface area (Å²) in [7, 11) is 0. The number of nitrogens with zero attached hydrogens (tertiary/aromatic N) is 3. The number of carboxylic acids is 1. The summed E-state index contributed by atoms with van der Waals surface area (Å²) in [6, 6.07) is 16.3. The first kappa shape index (κ1) is 23.5. The zero-order valence-corrected chi connectivity index (χ0v) is 18.8. The number of carboxylic acid groups (broad SMARTS) is 1. The molecule has 0 saturated heterocycles. The second-order valence-corrected chi connectivity index (χ2v) is 8.50. The molecule has 2 atom stereocenters. The number of aliphatic carboxylic acids is 1. The minimum Gasteiger partial charge on any atom is -0.481 e. The van der Waals surface area contributed by atoms with Crippen LogP contribution in [0.2, 0.25) is 0 Å². The van der Waals surface area contributed by atoms with E-state index in [4.69, 9.17) is 0 Å². The Labute approximate surface area is 195 Å². The van der Waals surface area contributed by atoms with E-state index in [1.807, 2.05) is 31.2 Å². The van der Waals surface area contributed by atoms with Crippen LogP contribution in [0.3, 0.4) is 0 Å². The number of alkyl halides is 3. The highest BCUT2D eigenvalue weighted by molar-refractivity contribution is 5.95.